The molecule has 0 atom stereocenters. The maximum atomic E-state index is 12.2. The Morgan fingerprint density at radius 2 is 1.89 bits per heavy atom. The molecule has 19 heavy (non-hydrogen) atoms. The zero-order valence-electron chi connectivity index (χ0n) is 10.2. The molecule has 1 aliphatic rings. The van der Waals surface area contributed by atoms with Crippen LogP contribution in [-0.2, 0) is 19.1 Å². The van der Waals surface area contributed by atoms with Gasteiger partial charge in [0.15, 0.2) is 0 Å². The van der Waals surface area contributed by atoms with Gasteiger partial charge in [-0.2, -0.15) is 21.6 Å². The maximum absolute atomic E-state index is 12.2. The SMILES string of the molecule is CC1(C)CCC(OS(=O)(=O)C(F)(F)F)=C(C(=O)O)C1. The first-order valence-electron chi connectivity index (χ1n) is 5.32. The van der Waals surface area contributed by atoms with E-state index in [1.54, 1.807) is 13.8 Å². The minimum atomic E-state index is -5.82. The normalized spacial score (nSPS) is 20.3. The van der Waals surface area contributed by atoms with Gasteiger partial charge in [0.05, 0.1) is 5.57 Å². The molecule has 0 fully saturated rings. The lowest BCUT2D eigenvalue weighted by Gasteiger charge is -2.30. The number of hydrogen-bond donors (Lipinski definition) is 1. The quantitative estimate of drug-likeness (QED) is 0.639. The first kappa shape index (κ1) is 15.8. The van der Waals surface area contributed by atoms with Crippen LogP contribution < -0.4 is 0 Å². The molecule has 1 aliphatic carbocycles. The fourth-order valence-electron chi connectivity index (χ4n) is 1.73. The zero-order chi connectivity index (χ0) is 15.1. The number of halogens is 3. The molecule has 5 nitrogen and oxygen atoms in total. The van der Waals surface area contributed by atoms with Crippen molar-refractivity contribution in [1.29, 1.82) is 0 Å². The van der Waals surface area contributed by atoms with Gasteiger partial charge in [0.2, 0.25) is 0 Å². The van der Waals surface area contributed by atoms with Crippen molar-refractivity contribution in [3.05, 3.63) is 11.3 Å². The molecule has 0 heterocycles. The van der Waals surface area contributed by atoms with Gasteiger partial charge in [0.25, 0.3) is 0 Å². The molecule has 0 aromatic rings. The number of carbonyl (C=O) groups is 1. The summed E-state index contributed by atoms with van der Waals surface area (Å²) in [6, 6.07) is 0. The molecule has 9 heteroatoms. The van der Waals surface area contributed by atoms with Gasteiger partial charge in [0.1, 0.15) is 5.76 Å². The lowest BCUT2D eigenvalue weighted by molar-refractivity contribution is -0.133. The van der Waals surface area contributed by atoms with Crippen LogP contribution in [0.2, 0.25) is 0 Å². The Balaban J connectivity index is 3.14. The van der Waals surface area contributed by atoms with Gasteiger partial charge in [-0.1, -0.05) is 13.8 Å². The molecule has 0 aromatic carbocycles. The van der Waals surface area contributed by atoms with Crippen molar-refractivity contribution < 1.29 is 35.7 Å². The molecular weight excluding hydrogens is 289 g/mol. The van der Waals surface area contributed by atoms with Crippen molar-refractivity contribution in [2.24, 2.45) is 5.41 Å². The monoisotopic (exact) mass is 302 g/mol. The third-order valence-corrected chi connectivity index (χ3v) is 3.76. The van der Waals surface area contributed by atoms with Crippen LogP contribution in [0, 0.1) is 5.41 Å². The molecule has 0 radical (unpaired) electrons. The predicted molar refractivity (Wildman–Crippen MR) is 58.4 cm³/mol. The van der Waals surface area contributed by atoms with Gasteiger partial charge in [-0.05, 0) is 18.3 Å². The first-order chi connectivity index (χ1) is 8.36. The molecule has 1 rings (SSSR count). The second-order valence-electron chi connectivity index (χ2n) is 5.03. The van der Waals surface area contributed by atoms with Crippen LogP contribution in [0.15, 0.2) is 11.3 Å². The number of rotatable bonds is 3. The highest BCUT2D eigenvalue weighted by atomic mass is 32.2. The zero-order valence-corrected chi connectivity index (χ0v) is 11.1. The molecule has 0 unspecified atom stereocenters. The number of hydrogen-bond acceptors (Lipinski definition) is 4. The summed E-state index contributed by atoms with van der Waals surface area (Å²) >= 11 is 0. The molecule has 0 spiro atoms. The number of carboxylic acid groups (broad SMARTS) is 1. The van der Waals surface area contributed by atoms with Crippen molar-refractivity contribution in [3.8, 4) is 0 Å². The second kappa shape index (κ2) is 4.69. The van der Waals surface area contributed by atoms with Crippen molar-refractivity contribution in [2.75, 3.05) is 0 Å². The standard InChI is InChI=1S/C10H13F3O5S/c1-9(2)4-3-7(6(5-9)8(14)15)18-19(16,17)10(11,12)13/h3-5H2,1-2H3,(H,14,15). The van der Waals surface area contributed by atoms with Crippen LogP contribution in [0.3, 0.4) is 0 Å². The highest BCUT2D eigenvalue weighted by Gasteiger charge is 2.49. The van der Waals surface area contributed by atoms with Crippen molar-refractivity contribution >= 4 is 16.1 Å². The minimum absolute atomic E-state index is 0.0506. The summed E-state index contributed by atoms with van der Waals surface area (Å²) in [6.07, 6.45) is 0.126. The lowest BCUT2D eigenvalue weighted by atomic mass is 9.76. The molecule has 0 saturated heterocycles. The topological polar surface area (TPSA) is 80.7 Å². The maximum Gasteiger partial charge on any atom is 0.534 e. The molecule has 110 valence electrons. The van der Waals surface area contributed by atoms with Gasteiger partial charge >= 0.3 is 21.6 Å². The first-order valence-corrected chi connectivity index (χ1v) is 6.73. The Kier molecular flexibility index (Phi) is 3.91. The number of carboxylic acids is 1. The Morgan fingerprint density at radius 3 is 2.32 bits per heavy atom. The molecule has 1 N–H and O–H groups in total. The van der Waals surface area contributed by atoms with Crippen molar-refractivity contribution in [1.82, 2.24) is 0 Å². The van der Waals surface area contributed by atoms with E-state index in [0.29, 0.717) is 6.42 Å². The third kappa shape index (κ3) is 3.62. The van der Waals surface area contributed by atoms with E-state index in [1.807, 2.05) is 0 Å². The Morgan fingerprint density at radius 1 is 1.37 bits per heavy atom. The van der Waals surface area contributed by atoms with Crippen LogP contribution in [0.4, 0.5) is 13.2 Å². The third-order valence-electron chi connectivity index (χ3n) is 2.77. The average molecular weight is 302 g/mol. The fraction of sp³-hybridized carbons (Fsp3) is 0.700. The van der Waals surface area contributed by atoms with E-state index in [-0.39, 0.29) is 12.8 Å². The van der Waals surface area contributed by atoms with E-state index in [2.05, 4.69) is 4.18 Å². The van der Waals surface area contributed by atoms with E-state index in [4.69, 9.17) is 5.11 Å². The van der Waals surface area contributed by atoms with E-state index in [1.165, 1.54) is 0 Å². The highest BCUT2D eigenvalue weighted by Crippen LogP contribution is 2.40. The summed E-state index contributed by atoms with van der Waals surface area (Å²) in [6.45, 7) is 3.48. The van der Waals surface area contributed by atoms with Crippen molar-refractivity contribution in [2.45, 2.75) is 38.6 Å². The Labute approximate surface area is 108 Å². The Bertz CT molecular complexity index is 516. The molecular formula is C10H13F3O5S. The summed E-state index contributed by atoms with van der Waals surface area (Å²) in [5, 5.41) is 8.93. The van der Waals surface area contributed by atoms with Crippen LogP contribution >= 0.6 is 0 Å². The molecule has 0 bridgehead atoms. The van der Waals surface area contributed by atoms with E-state index in [9.17, 15) is 26.4 Å². The summed E-state index contributed by atoms with van der Waals surface area (Å²) in [4.78, 5) is 11.0. The average Bonchev–Trinajstić information content (AvgIpc) is 2.18. The van der Waals surface area contributed by atoms with Crippen LogP contribution in [-0.4, -0.2) is 25.0 Å². The van der Waals surface area contributed by atoms with E-state index < -0.39 is 38.3 Å². The van der Waals surface area contributed by atoms with Gasteiger partial charge in [-0.25, -0.2) is 4.79 Å². The summed E-state index contributed by atoms with van der Waals surface area (Å²) in [5.74, 6) is -2.11. The van der Waals surface area contributed by atoms with Crippen LogP contribution in [0.25, 0.3) is 0 Å². The number of aliphatic carboxylic acids is 1. The van der Waals surface area contributed by atoms with Crippen LogP contribution in [0.1, 0.15) is 33.1 Å². The Hall–Kier alpha value is -1.25. The van der Waals surface area contributed by atoms with Gasteiger partial charge < -0.3 is 9.29 Å². The minimum Gasteiger partial charge on any atom is -0.478 e. The summed E-state index contributed by atoms with van der Waals surface area (Å²) in [5.41, 5.74) is -6.43. The molecule has 0 amide bonds. The summed E-state index contributed by atoms with van der Waals surface area (Å²) in [7, 11) is -5.82. The number of alkyl halides is 3. The molecule has 0 aliphatic heterocycles. The molecule has 0 saturated carbocycles. The second-order valence-corrected chi connectivity index (χ2v) is 6.57. The predicted octanol–water partition coefficient (Wildman–Crippen LogP) is 2.40. The van der Waals surface area contributed by atoms with Gasteiger partial charge in [-0.15, -0.1) is 0 Å². The van der Waals surface area contributed by atoms with Crippen molar-refractivity contribution in [3.63, 3.8) is 0 Å². The molecule has 0 aromatic heterocycles. The largest absolute Gasteiger partial charge is 0.534 e. The van der Waals surface area contributed by atoms with Gasteiger partial charge in [-0.3, -0.25) is 0 Å². The van der Waals surface area contributed by atoms with E-state index in [0.717, 1.165) is 0 Å². The van der Waals surface area contributed by atoms with Crippen LogP contribution in [0.5, 0.6) is 0 Å². The highest BCUT2D eigenvalue weighted by molar-refractivity contribution is 7.87. The number of allylic oxidation sites excluding steroid dienone is 1. The van der Waals surface area contributed by atoms with Gasteiger partial charge in [0, 0.05) is 6.42 Å². The summed E-state index contributed by atoms with van der Waals surface area (Å²) < 4.78 is 62.3. The smallest absolute Gasteiger partial charge is 0.478 e. The fourth-order valence-corrected chi connectivity index (χ4v) is 2.28. The lowest BCUT2D eigenvalue weighted by Crippen LogP contribution is -2.29. The van der Waals surface area contributed by atoms with E-state index >= 15 is 0 Å².